The molecule has 19 heteroatoms. The summed E-state index contributed by atoms with van der Waals surface area (Å²) in [4.78, 5) is 105. The summed E-state index contributed by atoms with van der Waals surface area (Å²) in [6.07, 6.45) is -7.26. The van der Waals surface area contributed by atoms with Crippen molar-refractivity contribution >= 4 is 47.7 Å². The average molecular weight is 835 g/mol. The number of benzene rings is 1. The van der Waals surface area contributed by atoms with Crippen molar-refractivity contribution in [1.82, 2.24) is 20.9 Å². The van der Waals surface area contributed by atoms with Crippen molar-refractivity contribution in [2.45, 2.75) is 149 Å². The maximum absolute atomic E-state index is 14.3. The highest BCUT2D eigenvalue weighted by Gasteiger charge is 2.52. The molecule has 328 valence electrons. The zero-order valence-corrected chi connectivity index (χ0v) is 35.3. The van der Waals surface area contributed by atoms with Gasteiger partial charge in [0, 0.05) is 34.2 Å². The molecular weight excluding hydrogens is 776 g/mol. The lowest BCUT2D eigenvalue weighted by molar-refractivity contribution is -0.287. The molecule has 0 saturated carbocycles. The molecule has 1 aromatic carbocycles. The van der Waals surface area contributed by atoms with Crippen molar-refractivity contribution < 1.29 is 71.5 Å². The number of carbonyl (C=O) groups is 8. The average Bonchev–Trinajstić information content (AvgIpc) is 3.63. The van der Waals surface area contributed by atoms with Crippen LogP contribution in [0.25, 0.3) is 0 Å². The minimum absolute atomic E-state index is 0.0381. The lowest BCUT2D eigenvalue weighted by Crippen LogP contribution is -2.68. The van der Waals surface area contributed by atoms with E-state index in [4.69, 9.17) is 33.2 Å². The summed E-state index contributed by atoms with van der Waals surface area (Å²) in [7, 11) is 0. The lowest BCUT2D eigenvalue weighted by Gasteiger charge is -2.46. The van der Waals surface area contributed by atoms with Gasteiger partial charge in [0.1, 0.15) is 49.1 Å². The van der Waals surface area contributed by atoms with Gasteiger partial charge in [-0.25, -0.2) is 9.59 Å². The number of rotatable bonds is 16. The van der Waals surface area contributed by atoms with E-state index in [-0.39, 0.29) is 19.6 Å². The van der Waals surface area contributed by atoms with Crippen LogP contribution in [0, 0.1) is 5.92 Å². The Labute approximate surface area is 343 Å². The Bertz CT molecular complexity index is 1670. The second-order valence-corrected chi connectivity index (χ2v) is 15.7. The fourth-order valence-electron chi connectivity index (χ4n) is 6.51. The Morgan fingerprint density at radius 3 is 2.02 bits per heavy atom. The molecule has 9 atom stereocenters. The highest BCUT2D eigenvalue weighted by Crippen LogP contribution is 2.29. The minimum atomic E-state index is -1.61. The molecule has 1 aromatic rings. The number of hydrogen-bond donors (Lipinski definition) is 3. The predicted octanol–water partition coefficient (Wildman–Crippen LogP) is 1.82. The normalized spacial score (nSPS) is 23.1. The molecular formula is C40H58N4O15. The molecule has 0 aliphatic carbocycles. The fraction of sp³-hybridized carbons (Fsp3) is 0.650. The van der Waals surface area contributed by atoms with Crippen molar-refractivity contribution in [1.29, 1.82) is 0 Å². The van der Waals surface area contributed by atoms with E-state index in [1.165, 1.54) is 11.8 Å². The van der Waals surface area contributed by atoms with Crippen LogP contribution in [0.3, 0.4) is 0 Å². The number of nitrogens with zero attached hydrogens (tertiary/aromatic N) is 1. The lowest BCUT2D eigenvalue weighted by atomic mass is 9.95. The van der Waals surface area contributed by atoms with Crippen LogP contribution in [0.15, 0.2) is 30.3 Å². The van der Waals surface area contributed by atoms with E-state index in [1.54, 1.807) is 58.9 Å². The van der Waals surface area contributed by atoms with Gasteiger partial charge in [-0.1, -0.05) is 44.2 Å². The summed E-state index contributed by atoms with van der Waals surface area (Å²) >= 11 is 0. The molecule has 2 aliphatic heterocycles. The molecule has 0 radical (unpaired) electrons. The Kier molecular flexibility index (Phi) is 17.6. The van der Waals surface area contributed by atoms with E-state index < -0.39 is 121 Å². The zero-order chi connectivity index (χ0) is 44.2. The number of carbonyl (C=O) groups excluding carboxylic acids is 8. The summed E-state index contributed by atoms with van der Waals surface area (Å²) in [5.74, 6) is -5.86. The molecule has 19 nitrogen and oxygen atoms in total. The first-order chi connectivity index (χ1) is 27.6. The molecule has 2 saturated heterocycles. The standard InChI is InChI=1S/C40H58N4O15/c1-21(2)30(37(51)59-40(8,9)10)42-36(50)31(43-35(49)28-17-14-18-44(28)39(52)54-19-27-15-12-11-13-16-27)22(3)55-38-32(41-23(4)45)34(57-26(7)48)33(56-25(6)47)29(58-38)20-53-24(5)46/h11-13,15-16,21-22,28-34,38H,14,17-20H2,1-10H3,(H,41,45)(H,42,50)(H,43,49)/t22-,28+,29-,30+,31+,32-,33+,34-,38+/m1/s1. The van der Waals surface area contributed by atoms with Crippen LogP contribution in [0.5, 0.6) is 0 Å². The molecule has 2 fully saturated rings. The Balaban J connectivity index is 2.01. The van der Waals surface area contributed by atoms with E-state index in [0.29, 0.717) is 6.42 Å². The number of esters is 4. The van der Waals surface area contributed by atoms with Crippen molar-refractivity contribution in [2.24, 2.45) is 5.92 Å². The van der Waals surface area contributed by atoms with Gasteiger partial charge < -0.3 is 49.1 Å². The van der Waals surface area contributed by atoms with E-state index in [0.717, 1.165) is 33.3 Å². The first kappa shape index (κ1) is 48.1. The molecule has 2 heterocycles. The van der Waals surface area contributed by atoms with E-state index >= 15 is 0 Å². The summed E-state index contributed by atoms with van der Waals surface area (Å²) < 4.78 is 39.7. The summed E-state index contributed by atoms with van der Waals surface area (Å²) in [6, 6.07) is 3.72. The third-order valence-corrected chi connectivity index (χ3v) is 9.09. The second-order valence-electron chi connectivity index (χ2n) is 15.7. The van der Waals surface area contributed by atoms with Gasteiger partial charge in [0.2, 0.25) is 17.7 Å². The van der Waals surface area contributed by atoms with Crippen LogP contribution in [-0.4, -0.2) is 126 Å². The van der Waals surface area contributed by atoms with E-state index in [2.05, 4.69) is 16.0 Å². The Morgan fingerprint density at radius 2 is 1.46 bits per heavy atom. The van der Waals surface area contributed by atoms with Gasteiger partial charge in [-0.15, -0.1) is 0 Å². The Morgan fingerprint density at radius 1 is 0.831 bits per heavy atom. The van der Waals surface area contributed by atoms with Crippen molar-refractivity contribution in [3.8, 4) is 0 Å². The van der Waals surface area contributed by atoms with Crippen LogP contribution in [0.2, 0.25) is 0 Å². The van der Waals surface area contributed by atoms with Crippen LogP contribution in [0.4, 0.5) is 4.79 Å². The van der Waals surface area contributed by atoms with E-state index in [1.807, 2.05) is 6.07 Å². The van der Waals surface area contributed by atoms with Crippen molar-refractivity contribution in [2.75, 3.05) is 13.2 Å². The predicted molar refractivity (Wildman–Crippen MR) is 205 cm³/mol. The quantitative estimate of drug-likeness (QED) is 0.159. The molecule has 4 amide bonds. The molecule has 0 unspecified atom stereocenters. The zero-order valence-electron chi connectivity index (χ0n) is 35.3. The topological polar surface area (TPSA) is 240 Å². The van der Waals surface area contributed by atoms with Gasteiger partial charge in [0.25, 0.3) is 0 Å². The SMILES string of the molecule is CC(=O)N[C@H]1[C@@H](O[C@H](C)[C@H](NC(=O)[C@@H]2CCCN2C(=O)OCc2ccccc2)C(=O)N[C@H](C(=O)OC(C)(C)C)C(C)C)O[C@H](COC(C)=O)[C@H](OC(C)=O)[C@@H]1OC(C)=O. The van der Waals surface area contributed by atoms with Gasteiger partial charge in [-0.3, -0.25) is 33.7 Å². The molecule has 3 N–H and O–H groups in total. The monoisotopic (exact) mass is 834 g/mol. The summed E-state index contributed by atoms with van der Waals surface area (Å²) in [5.41, 5.74) is -0.163. The molecule has 3 rings (SSSR count). The number of amides is 4. The van der Waals surface area contributed by atoms with Crippen molar-refractivity contribution in [3.63, 3.8) is 0 Å². The van der Waals surface area contributed by atoms with Gasteiger partial charge in [-0.05, 0) is 52.0 Å². The smallest absolute Gasteiger partial charge is 0.410 e. The maximum Gasteiger partial charge on any atom is 0.410 e. The van der Waals surface area contributed by atoms with Crippen LogP contribution in [0.1, 0.15) is 87.6 Å². The maximum atomic E-state index is 14.3. The molecule has 0 aromatic heterocycles. The number of hydrogen-bond acceptors (Lipinski definition) is 15. The third-order valence-electron chi connectivity index (χ3n) is 9.09. The number of ether oxygens (including phenoxy) is 7. The first-order valence-electron chi connectivity index (χ1n) is 19.4. The largest absolute Gasteiger partial charge is 0.463 e. The first-order valence-corrected chi connectivity index (χ1v) is 19.4. The summed E-state index contributed by atoms with van der Waals surface area (Å²) in [6.45, 7) is 13.9. The highest BCUT2D eigenvalue weighted by atomic mass is 16.7. The van der Waals surface area contributed by atoms with E-state index in [9.17, 15) is 38.4 Å². The number of nitrogens with one attached hydrogen (secondary N) is 3. The van der Waals surface area contributed by atoms with Gasteiger partial charge >= 0.3 is 30.0 Å². The van der Waals surface area contributed by atoms with Gasteiger partial charge in [-0.2, -0.15) is 0 Å². The minimum Gasteiger partial charge on any atom is -0.463 e. The van der Waals surface area contributed by atoms with Gasteiger partial charge in [0.05, 0.1) is 6.10 Å². The van der Waals surface area contributed by atoms with Crippen LogP contribution >= 0.6 is 0 Å². The molecule has 0 bridgehead atoms. The molecule has 2 aliphatic rings. The second kappa shape index (κ2) is 21.6. The summed E-state index contributed by atoms with van der Waals surface area (Å²) in [5, 5.41) is 7.93. The van der Waals surface area contributed by atoms with Crippen molar-refractivity contribution in [3.05, 3.63) is 35.9 Å². The number of likely N-dealkylation sites (tertiary alicyclic amines) is 1. The van der Waals surface area contributed by atoms with Gasteiger partial charge in [0.15, 0.2) is 18.5 Å². The molecule has 59 heavy (non-hydrogen) atoms. The molecule has 0 spiro atoms. The fourth-order valence-corrected chi connectivity index (χ4v) is 6.51. The third kappa shape index (κ3) is 14.8. The van der Waals surface area contributed by atoms with Crippen LogP contribution < -0.4 is 16.0 Å². The van der Waals surface area contributed by atoms with Crippen LogP contribution in [-0.2, 0) is 73.3 Å². The Hall–Kier alpha value is -5.30. The highest BCUT2D eigenvalue weighted by molar-refractivity contribution is 5.93.